The summed E-state index contributed by atoms with van der Waals surface area (Å²) in [6, 6.07) is 8.61. The SMILES string of the molecule is CCN(CC(C)C#N)C(=O)Cc1ccc2c(c1)CCC2. The predicted molar refractivity (Wildman–Crippen MR) is 79.2 cm³/mol. The van der Waals surface area contributed by atoms with Crippen LogP contribution in [0.15, 0.2) is 18.2 Å². The molecule has 0 N–H and O–H groups in total. The van der Waals surface area contributed by atoms with E-state index in [-0.39, 0.29) is 11.8 Å². The average Bonchev–Trinajstić information content (AvgIpc) is 2.91. The minimum Gasteiger partial charge on any atom is -0.341 e. The third-order valence-corrected chi connectivity index (χ3v) is 3.97. The van der Waals surface area contributed by atoms with Crippen LogP contribution in [0.3, 0.4) is 0 Å². The van der Waals surface area contributed by atoms with Crippen LogP contribution in [0.4, 0.5) is 0 Å². The zero-order valence-corrected chi connectivity index (χ0v) is 12.4. The Hall–Kier alpha value is -1.82. The van der Waals surface area contributed by atoms with Gasteiger partial charge in [-0.1, -0.05) is 18.2 Å². The van der Waals surface area contributed by atoms with E-state index in [1.54, 1.807) is 4.90 Å². The number of aryl methyl sites for hydroxylation is 2. The molecule has 0 saturated carbocycles. The van der Waals surface area contributed by atoms with Crippen molar-refractivity contribution in [2.24, 2.45) is 5.92 Å². The van der Waals surface area contributed by atoms with Crippen LogP contribution in [-0.4, -0.2) is 23.9 Å². The number of rotatable bonds is 5. The summed E-state index contributed by atoms with van der Waals surface area (Å²) in [5.41, 5.74) is 3.94. The molecule has 20 heavy (non-hydrogen) atoms. The van der Waals surface area contributed by atoms with Gasteiger partial charge < -0.3 is 4.90 Å². The molecule has 0 bridgehead atoms. The van der Waals surface area contributed by atoms with Crippen molar-refractivity contribution in [3.63, 3.8) is 0 Å². The van der Waals surface area contributed by atoms with E-state index in [1.165, 1.54) is 24.0 Å². The quantitative estimate of drug-likeness (QED) is 0.825. The summed E-state index contributed by atoms with van der Waals surface area (Å²) in [6.07, 6.45) is 3.98. The fourth-order valence-corrected chi connectivity index (χ4v) is 2.80. The van der Waals surface area contributed by atoms with E-state index in [2.05, 4.69) is 24.3 Å². The Kier molecular flexibility index (Phi) is 4.79. The molecule has 106 valence electrons. The van der Waals surface area contributed by atoms with Crippen LogP contribution in [0.5, 0.6) is 0 Å². The van der Waals surface area contributed by atoms with Crippen LogP contribution in [0.1, 0.15) is 37.0 Å². The summed E-state index contributed by atoms with van der Waals surface area (Å²) in [6.45, 7) is 5.00. The number of hydrogen-bond donors (Lipinski definition) is 0. The molecule has 1 amide bonds. The number of nitrogens with zero attached hydrogens (tertiary/aromatic N) is 2. The van der Waals surface area contributed by atoms with Crippen LogP contribution in [0.25, 0.3) is 0 Å². The molecule has 0 spiro atoms. The normalized spacial score (nSPS) is 14.4. The maximum atomic E-state index is 12.3. The molecule has 3 nitrogen and oxygen atoms in total. The third-order valence-electron chi connectivity index (χ3n) is 3.97. The first-order valence-electron chi connectivity index (χ1n) is 7.42. The molecule has 0 heterocycles. The Morgan fingerprint density at radius 2 is 2.15 bits per heavy atom. The third kappa shape index (κ3) is 3.39. The van der Waals surface area contributed by atoms with Gasteiger partial charge in [-0.2, -0.15) is 5.26 Å². The van der Waals surface area contributed by atoms with Gasteiger partial charge in [-0.25, -0.2) is 0 Å². The van der Waals surface area contributed by atoms with E-state index in [0.717, 1.165) is 12.0 Å². The van der Waals surface area contributed by atoms with Gasteiger partial charge in [0.15, 0.2) is 0 Å². The maximum absolute atomic E-state index is 12.3. The monoisotopic (exact) mass is 270 g/mol. The second-order valence-electron chi connectivity index (χ2n) is 5.60. The Bertz CT molecular complexity index is 530. The molecule has 0 radical (unpaired) electrons. The lowest BCUT2D eigenvalue weighted by Crippen LogP contribution is -2.35. The van der Waals surface area contributed by atoms with E-state index in [1.807, 2.05) is 13.8 Å². The first-order valence-corrected chi connectivity index (χ1v) is 7.42. The topological polar surface area (TPSA) is 44.1 Å². The van der Waals surface area contributed by atoms with Crippen molar-refractivity contribution in [2.75, 3.05) is 13.1 Å². The van der Waals surface area contributed by atoms with Crippen LogP contribution in [0.2, 0.25) is 0 Å². The van der Waals surface area contributed by atoms with Gasteiger partial charge in [0.2, 0.25) is 5.91 Å². The highest BCUT2D eigenvalue weighted by molar-refractivity contribution is 5.78. The van der Waals surface area contributed by atoms with Gasteiger partial charge >= 0.3 is 0 Å². The van der Waals surface area contributed by atoms with Gasteiger partial charge in [0, 0.05) is 13.1 Å². The fourth-order valence-electron chi connectivity index (χ4n) is 2.80. The highest BCUT2D eigenvalue weighted by Crippen LogP contribution is 2.23. The molecule has 1 atom stereocenters. The lowest BCUT2D eigenvalue weighted by Gasteiger charge is -2.22. The molecule has 1 aromatic rings. The van der Waals surface area contributed by atoms with Gasteiger partial charge in [-0.05, 0) is 49.8 Å². The predicted octanol–water partition coefficient (Wildman–Crippen LogP) is 2.73. The van der Waals surface area contributed by atoms with E-state index < -0.39 is 0 Å². The zero-order valence-electron chi connectivity index (χ0n) is 12.4. The first kappa shape index (κ1) is 14.6. The van der Waals surface area contributed by atoms with E-state index in [0.29, 0.717) is 19.5 Å². The number of carbonyl (C=O) groups excluding carboxylic acids is 1. The van der Waals surface area contributed by atoms with Crippen molar-refractivity contribution in [3.05, 3.63) is 34.9 Å². The molecule has 0 aliphatic heterocycles. The molecule has 1 aliphatic rings. The van der Waals surface area contributed by atoms with E-state index in [9.17, 15) is 4.79 Å². The molecule has 0 saturated heterocycles. The maximum Gasteiger partial charge on any atom is 0.227 e. The van der Waals surface area contributed by atoms with Gasteiger partial charge in [0.25, 0.3) is 0 Å². The number of likely N-dealkylation sites (N-methyl/N-ethyl adjacent to an activating group) is 1. The summed E-state index contributed by atoms with van der Waals surface area (Å²) in [4.78, 5) is 14.1. The van der Waals surface area contributed by atoms with Gasteiger partial charge in [-0.15, -0.1) is 0 Å². The van der Waals surface area contributed by atoms with Crippen molar-refractivity contribution >= 4 is 5.91 Å². The van der Waals surface area contributed by atoms with Crippen molar-refractivity contribution in [3.8, 4) is 6.07 Å². The smallest absolute Gasteiger partial charge is 0.227 e. The highest BCUT2D eigenvalue weighted by atomic mass is 16.2. The minimum absolute atomic E-state index is 0.112. The summed E-state index contributed by atoms with van der Waals surface area (Å²) >= 11 is 0. The van der Waals surface area contributed by atoms with Gasteiger partial charge in [-0.3, -0.25) is 4.79 Å². The zero-order chi connectivity index (χ0) is 14.5. The van der Waals surface area contributed by atoms with Gasteiger partial charge in [0.05, 0.1) is 18.4 Å². The molecule has 3 heteroatoms. The lowest BCUT2D eigenvalue weighted by atomic mass is 10.0. The van der Waals surface area contributed by atoms with E-state index >= 15 is 0 Å². The molecular weight excluding hydrogens is 248 g/mol. The lowest BCUT2D eigenvalue weighted by molar-refractivity contribution is -0.130. The van der Waals surface area contributed by atoms with Crippen LogP contribution < -0.4 is 0 Å². The van der Waals surface area contributed by atoms with Crippen molar-refractivity contribution in [1.82, 2.24) is 4.90 Å². The molecule has 1 aliphatic carbocycles. The average molecular weight is 270 g/mol. The number of benzene rings is 1. The second-order valence-corrected chi connectivity index (χ2v) is 5.60. The van der Waals surface area contributed by atoms with Crippen LogP contribution in [0, 0.1) is 17.2 Å². The standard InChI is InChI=1S/C17H22N2O/c1-3-19(12-13(2)11-18)17(20)10-14-7-8-15-5-4-6-16(15)9-14/h7-9,13H,3-6,10,12H2,1-2H3. The summed E-state index contributed by atoms with van der Waals surface area (Å²) in [7, 11) is 0. The van der Waals surface area contributed by atoms with Crippen molar-refractivity contribution in [2.45, 2.75) is 39.5 Å². The van der Waals surface area contributed by atoms with Crippen LogP contribution >= 0.6 is 0 Å². The number of fused-ring (bicyclic) bond motifs is 1. The summed E-state index contributed by atoms with van der Waals surface area (Å²) in [5, 5.41) is 8.87. The molecule has 2 rings (SSSR count). The van der Waals surface area contributed by atoms with Crippen LogP contribution in [-0.2, 0) is 24.1 Å². The van der Waals surface area contributed by atoms with Crippen molar-refractivity contribution < 1.29 is 4.79 Å². The largest absolute Gasteiger partial charge is 0.341 e. The van der Waals surface area contributed by atoms with Crippen molar-refractivity contribution in [1.29, 1.82) is 5.26 Å². The number of amides is 1. The Labute approximate surface area is 121 Å². The number of nitriles is 1. The highest BCUT2D eigenvalue weighted by Gasteiger charge is 2.17. The Morgan fingerprint density at radius 1 is 1.40 bits per heavy atom. The molecular formula is C17H22N2O. The second kappa shape index (κ2) is 6.56. The molecule has 0 fully saturated rings. The fraction of sp³-hybridized carbons (Fsp3) is 0.529. The first-order chi connectivity index (χ1) is 9.63. The minimum atomic E-state index is -0.112. The Balaban J connectivity index is 2.01. The number of hydrogen-bond acceptors (Lipinski definition) is 2. The number of carbonyl (C=O) groups is 1. The summed E-state index contributed by atoms with van der Waals surface area (Å²) in [5.74, 6) is 0.00599. The van der Waals surface area contributed by atoms with E-state index in [4.69, 9.17) is 5.26 Å². The Morgan fingerprint density at radius 3 is 2.85 bits per heavy atom. The summed E-state index contributed by atoms with van der Waals surface area (Å²) < 4.78 is 0. The molecule has 1 aromatic carbocycles. The molecule has 1 unspecified atom stereocenters. The molecule has 0 aromatic heterocycles. The van der Waals surface area contributed by atoms with Gasteiger partial charge in [0.1, 0.15) is 0 Å².